The Kier molecular flexibility index (Phi) is 8.42. The number of aromatic nitrogens is 1. The first-order chi connectivity index (χ1) is 17.4. The van der Waals surface area contributed by atoms with Crippen molar-refractivity contribution < 1.29 is 35.2 Å². The van der Waals surface area contributed by atoms with Gasteiger partial charge in [-0.05, 0) is 48.9 Å². The molecule has 1 heterocycles. The van der Waals surface area contributed by atoms with Gasteiger partial charge in [0.25, 0.3) is 5.91 Å². The molecule has 3 N–H and O–H groups in total. The van der Waals surface area contributed by atoms with Gasteiger partial charge in [0, 0.05) is 5.56 Å². The zero-order valence-electron chi connectivity index (χ0n) is 19.1. The van der Waals surface area contributed by atoms with Crippen LogP contribution in [0, 0.1) is 11.6 Å². The average molecular weight is 542 g/mol. The molecule has 3 aromatic rings. The highest BCUT2D eigenvalue weighted by Crippen LogP contribution is 2.32. The standard InChI is InChI=1S/C23H20F5N5O3S/c1-2-37(35,36)33-20-9-5-8-19(30-20)31-22(32-21(34)14-10-11-17(24)18(25)12-14)29-13-15-6-3-4-7-16(15)23(26,27)28/h3-12H,2,13H2,1H3,(H3,29,30,31,32,33,34). The van der Waals surface area contributed by atoms with Crippen LogP contribution in [0.3, 0.4) is 0 Å². The van der Waals surface area contributed by atoms with Gasteiger partial charge in [-0.3, -0.25) is 14.8 Å². The first-order valence-corrected chi connectivity index (χ1v) is 12.2. The molecule has 0 atom stereocenters. The van der Waals surface area contributed by atoms with Crippen molar-refractivity contribution >= 4 is 33.5 Å². The summed E-state index contributed by atoms with van der Waals surface area (Å²) in [4.78, 5) is 20.7. The molecule has 37 heavy (non-hydrogen) atoms. The minimum absolute atomic E-state index is 0.0234. The lowest BCUT2D eigenvalue weighted by molar-refractivity contribution is -0.138. The summed E-state index contributed by atoms with van der Waals surface area (Å²) < 4.78 is 92.8. The monoisotopic (exact) mass is 541 g/mol. The van der Waals surface area contributed by atoms with Crippen LogP contribution in [0.2, 0.25) is 0 Å². The predicted molar refractivity (Wildman–Crippen MR) is 127 cm³/mol. The fourth-order valence-corrected chi connectivity index (χ4v) is 3.52. The van der Waals surface area contributed by atoms with Crippen molar-refractivity contribution in [2.75, 3.05) is 15.8 Å². The van der Waals surface area contributed by atoms with E-state index in [2.05, 4.69) is 25.3 Å². The van der Waals surface area contributed by atoms with Crippen LogP contribution in [0.4, 0.5) is 33.6 Å². The molecule has 14 heteroatoms. The Morgan fingerprint density at radius 1 is 0.973 bits per heavy atom. The van der Waals surface area contributed by atoms with Gasteiger partial charge in [-0.25, -0.2) is 27.2 Å². The molecule has 196 valence electrons. The number of alkyl halides is 3. The van der Waals surface area contributed by atoms with Crippen molar-refractivity contribution in [3.63, 3.8) is 0 Å². The first kappa shape index (κ1) is 27.5. The fraction of sp³-hybridized carbons (Fsp3) is 0.174. The van der Waals surface area contributed by atoms with Crippen molar-refractivity contribution in [2.45, 2.75) is 19.6 Å². The summed E-state index contributed by atoms with van der Waals surface area (Å²) in [6, 6.07) is 11.2. The van der Waals surface area contributed by atoms with E-state index < -0.39 is 45.8 Å². The lowest BCUT2D eigenvalue weighted by atomic mass is 10.1. The van der Waals surface area contributed by atoms with Gasteiger partial charge in [-0.1, -0.05) is 24.3 Å². The molecule has 0 unspecified atom stereocenters. The molecule has 2 aromatic carbocycles. The quantitative estimate of drug-likeness (QED) is 0.231. The molecule has 0 radical (unpaired) electrons. The summed E-state index contributed by atoms with van der Waals surface area (Å²) in [6.07, 6.45) is -4.65. The number of benzene rings is 2. The summed E-state index contributed by atoms with van der Waals surface area (Å²) >= 11 is 0. The number of hydrogen-bond donors (Lipinski definition) is 3. The van der Waals surface area contributed by atoms with E-state index in [1.165, 1.54) is 43.3 Å². The van der Waals surface area contributed by atoms with Crippen LogP contribution in [0.1, 0.15) is 28.4 Å². The summed E-state index contributed by atoms with van der Waals surface area (Å²) in [6.45, 7) is 0.889. The molecule has 3 rings (SSSR count). The molecule has 8 nitrogen and oxygen atoms in total. The van der Waals surface area contributed by atoms with Crippen LogP contribution in [0.25, 0.3) is 0 Å². The average Bonchev–Trinajstić information content (AvgIpc) is 2.83. The fourth-order valence-electron chi connectivity index (χ4n) is 2.94. The smallest absolute Gasteiger partial charge is 0.311 e. The number of nitrogens with one attached hydrogen (secondary N) is 3. The number of rotatable bonds is 7. The third-order valence-electron chi connectivity index (χ3n) is 4.78. The van der Waals surface area contributed by atoms with Crippen LogP contribution in [-0.2, 0) is 22.7 Å². The van der Waals surface area contributed by atoms with E-state index in [4.69, 9.17) is 0 Å². The van der Waals surface area contributed by atoms with Crippen molar-refractivity contribution in [1.29, 1.82) is 0 Å². The van der Waals surface area contributed by atoms with E-state index >= 15 is 0 Å². The molecule has 0 fully saturated rings. The van der Waals surface area contributed by atoms with E-state index in [1.54, 1.807) is 0 Å². The minimum Gasteiger partial charge on any atom is -0.311 e. The Bertz CT molecular complexity index is 1430. The summed E-state index contributed by atoms with van der Waals surface area (Å²) in [5.74, 6) is -4.10. The first-order valence-electron chi connectivity index (χ1n) is 10.6. The highest BCUT2D eigenvalue weighted by Gasteiger charge is 2.32. The maximum Gasteiger partial charge on any atom is 0.416 e. The number of carbonyl (C=O) groups excluding carboxylic acids is 1. The Labute approximate surface area is 208 Å². The van der Waals surface area contributed by atoms with Crippen molar-refractivity contribution in [2.24, 2.45) is 4.99 Å². The van der Waals surface area contributed by atoms with Crippen molar-refractivity contribution in [3.8, 4) is 0 Å². The zero-order chi connectivity index (χ0) is 27.2. The van der Waals surface area contributed by atoms with E-state index in [1.807, 2.05) is 0 Å². The molecule has 0 bridgehead atoms. The summed E-state index contributed by atoms with van der Waals surface area (Å²) in [5, 5.41) is 4.89. The van der Waals surface area contributed by atoms with Crippen LogP contribution in [0.15, 0.2) is 65.7 Å². The highest BCUT2D eigenvalue weighted by atomic mass is 32.2. The van der Waals surface area contributed by atoms with Crippen LogP contribution >= 0.6 is 0 Å². The van der Waals surface area contributed by atoms with E-state index in [0.29, 0.717) is 6.07 Å². The third-order valence-corrected chi connectivity index (χ3v) is 6.06. The second-order valence-electron chi connectivity index (χ2n) is 7.44. The van der Waals surface area contributed by atoms with Crippen LogP contribution < -0.4 is 15.4 Å². The number of amides is 1. The number of pyridine rings is 1. The minimum atomic E-state index is -4.65. The van der Waals surface area contributed by atoms with Gasteiger partial charge in [0.2, 0.25) is 16.0 Å². The molecule has 1 amide bonds. The second-order valence-corrected chi connectivity index (χ2v) is 9.45. The Hall–Kier alpha value is -4.07. The highest BCUT2D eigenvalue weighted by molar-refractivity contribution is 7.92. The SMILES string of the molecule is CCS(=O)(=O)Nc1cccc(NC(=NCc2ccccc2C(F)(F)F)NC(=O)c2ccc(F)c(F)c2)n1. The Morgan fingerprint density at radius 3 is 2.35 bits per heavy atom. The van der Waals surface area contributed by atoms with Gasteiger partial charge in [0.05, 0.1) is 17.9 Å². The number of halogens is 5. The predicted octanol–water partition coefficient (Wildman–Crippen LogP) is 4.54. The molecule has 0 spiro atoms. The van der Waals surface area contributed by atoms with E-state index in [0.717, 1.165) is 18.2 Å². The van der Waals surface area contributed by atoms with Crippen LogP contribution in [-0.4, -0.2) is 31.0 Å². The number of guanidine groups is 1. The molecule has 0 aliphatic rings. The molecule has 0 saturated carbocycles. The number of aliphatic imine (C=N–C) groups is 1. The number of anilines is 2. The Morgan fingerprint density at radius 2 is 1.68 bits per heavy atom. The van der Waals surface area contributed by atoms with Gasteiger partial charge < -0.3 is 5.32 Å². The van der Waals surface area contributed by atoms with Gasteiger partial charge in [-0.15, -0.1) is 0 Å². The number of carbonyl (C=O) groups is 1. The van der Waals surface area contributed by atoms with Gasteiger partial charge in [0.15, 0.2) is 11.6 Å². The lowest BCUT2D eigenvalue weighted by Gasteiger charge is -2.14. The van der Waals surface area contributed by atoms with Crippen LogP contribution in [0.5, 0.6) is 0 Å². The zero-order valence-corrected chi connectivity index (χ0v) is 19.9. The molecule has 1 aromatic heterocycles. The Balaban J connectivity index is 1.93. The maximum atomic E-state index is 13.6. The largest absolute Gasteiger partial charge is 0.416 e. The molecule has 0 aliphatic carbocycles. The number of sulfonamides is 1. The normalized spacial score (nSPS) is 12.2. The summed E-state index contributed by atoms with van der Waals surface area (Å²) in [5.41, 5.74) is -1.42. The van der Waals surface area contributed by atoms with Gasteiger partial charge in [-0.2, -0.15) is 13.2 Å². The van der Waals surface area contributed by atoms with Crippen molar-refractivity contribution in [1.82, 2.24) is 10.3 Å². The van der Waals surface area contributed by atoms with Gasteiger partial charge in [0.1, 0.15) is 11.6 Å². The van der Waals surface area contributed by atoms with E-state index in [-0.39, 0.29) is 34.5 Å². The third kappa shape index (κ3) is 7.70. The molecule has 0 aliphatic heterocycles. The summed E-state index contributed by atoms with van der Waals surface area (Å²) in [7, 11) is -3.66. The molecule has 0 saturated heterocycles. The maximum absolute atomic E-state index is 13.6. The van der Waals surface area contributed by atoms with Gasteiger partial charge >= 0.3 is 6.18 Å². The second kappa shape index (κ2) is 11.3. The lowest BCUT2D eigenvalue weighted by Crippen LogP contribution is -2.36. The molecular formula is C23H20F5N5O3S. The van der Waals surface area contributed by atoms with Crippen molar-refractivity contribution in [3.05, 3.63) is 89.0 Å². The van der Waals surface area contributed by atoms with E-state index in [9.17, 15) is 35.2 Å². The molecular weight excluding hydrogens is 521 g/mol. The number of hydrogen-bond acceptors (Lipinski definition) is 5. The topological polar surface area (TPSA) is 113 Å². The number of nitrogens with zero attached hydrogens (tertiary/aromatic N) is 2.